The van der Waals surface area contributed by atoms with Gasteiger partial charge in [-0.15, -0.1) is 0 Å². The lowest BCUT2D eigenvalue weighted by Crippen LogP contribution is -2.32. The lowest BCUT2D eigenvalue weighted by Gasteiger charge is -2.22. The van der Waals surface area contributed by atoms with E-state index in [1.807, 2.05) is 36.4 Å². The number of nitrogens with zero attached hydrogens (tertiary/aromatic N) is 2. The first-order chi connectivity index (χ1) is 11.1. The van der Waals surface area contributed by atoms with Crippen molar-refractivity contribution in [3.63, 3.8) is 0 Å². The Bertz CT molecular complexity index is 735. The molecule has 0 unspecified atom stereocenters. The zero-order valence-electron chi connectivity index (χ0n) is 12.5. The Kier molecular flexibility index (Phi) is 5.48. The molecule has 0 radical (unpaired) electrons. The van der Waals surface area contributed by atoms with Crippen LogP contribution in [-0.4, -0.2) is 28.4 Å². The number of hydrogen-bond acceptors (Lipinski definition) is 3. The van der Waals surface area contributed by atoms with Gasteiger partial charge in [-0.1, -0.05) is 42.5 Å². The van der Waals surface area contributed by atoms with Crippen LogP contribution in [-0.2, 0) is 6.54 Å². The standard InChI is InChI=1S/C18H16N2O3/c19-11-6-12-20(13-14-7-2-1-3-8-14)17(21)15-9-4-5-10-16(15)18(22)23/h1-5,7-10H,6,12-13H2,(H,22,23). The highest BCUT2D eigenvalue weighted by molar-refractivity contribution is 6.04. The van der Waals surface area contributed by atoms with Crippen molar-refractivity contribution >= 4 is 11.9 Å². The Morgan fingerprint density at radius 2 is 1.61 bits per heavy atom. The van der Waals surface area contributed by atoms with Crippen molar-refractivity contribution in [3.05, 3.63) is 71.3 Å². The molecule has 2 rings (SSSR count). The Balaban J connectivity index is 2.30. The number of nitriles is 1. The van der Waals surface area contributed by atoms with Crippen LogP contribution in [0.2, 0.25) is 0 Å². The predicted molar refractivity (Wildman–Crippen MR) is 84.8 cm³/mol. The minimum absolute atomic E-state index is 0.0347. The van der Waals surface area contributed by atoms with Crippen LogP contribution in [0.15, 0.2) is 54.6 Å². The van der Waals surface area contributed by atoms with Crippen LogP contribution in [0.3, 0.4) is 0 Å². The number of rotatable bonds is 6. The van der Waals surface area contributed by atoms with Crippen molar-refractivity contribution < 1.29 is 14.7 Å². The summed E-state index contributed by atoms with van der Waals surface area (Å²) in [6.45, 7) is 0.577. The third-order valence-corrected chi connectivity index (χ3v) is 3.38. The maximum absolute atomic E-state index is 12.7. The van der Waals surface area contributed by atoms with E-state index in [0.29, 0.717) is 6.54 Å². The van der Waals surface area contributed by atoms with E-state index in [4.69, 9.17) is 5.26 Å². The van der Waals surface area contributed by atoms with E-state index in [0.717, 1.165) is 5.56 Å². The fourth-order valence-electron chi connectivity index (χ4n) is 2.27. The van der Waals surface area contributed by atoms with E-state index in [1.165, 1.54) is 17.0 Å². The summed E-state index contributed by atoms with van der Waals surface area (Å²) in [4.78, 5) is 25.5. The Morgan fingerprint density at radius 3 is 2.22 bits per heavy atom. The maximum atomic E-state index is 12.7. The molecule has 0 aromatic heterocycles. The molecule has 0 saturated heterocycles. The van der Waals surface area contributed by atoms with Gasteiger partial charge in [0, 0.05) is 13.1 Å². The largest absolute Gasteiger partial charge is 0.478 e. The van der Waals surface area contributed by atoms with Crippen molar-refractivity contribution in [3.8, 4) is 6.07 Å². The van der Waals surface area contributed by atoms with E-state index >= 15 is 0 Å². The molecule has 1 N–H and O–H groups in total. The third-order valence-electron chi connectivity index (χ3n) is 3.38. The van der Waals surface area contributed by atoms with Crippen LogP contribution in [0.4, 0.5) is 0 Å². The first-order valence-electron chi connectivity index (χ1n) is 7.16. The quantitative estimate of drug-likeness (QED) is 0.889. The first kappa shape index (κ1) is 16.2. The molecule has 116 valence electrons. The van der Waals surface area contributed by atoms with E-state index in [1.54, 1.807) is 12.1 Å². The number of carboxylic acid groups (broad SMARTS) is 1. The molecule has 0 saturated carbocycles. The summed E-state index contributed by atoms with van der Waals surface area (Å²) in [5.74, 6) is -1.53. The fourth-order valence-corrected chi connectivity index (χ4v) is 2.27. The van der Waals surface area contributed by atoms with Crippen molar-refractivity contribution in [2.24, 2.45) is 0 Å². The van der Waals surface area contributed by atoms with Crippen molar-refractivity contribution in [2.45, 2.75) is 13.0 Å². The van der Waals surface area contributed by atoms with Crippen LogP contribution in [0.1, 0.15) is 32.7 Å². The maximum Gasteiger partial charge on any atom is 0.336 e. The van der Waals surface area contributed by atoms with Crippen molar-refractivity contribution in [1.82, 2.24) is 4.90 Å². The first-order valence-corrected chi connectivity index (χ1v) is 7.16. The molecule has 5 nitrogen and oxygen atoms in total. The second-order valence-corrected chi connectivity index (χ2v) is 4.97. The van der Waals surface area contributed by atoms with E-state index in [2.05, 4.69) is 0 Å². The molecule has 2 aromatic rings. The highest BCUT2D eigenvalue weighted by Gasteiger charge is 2.21. The van der Waals surface area contributed by atoms with Crippen LogP contribution < -0.4 is 0 Å². The van der Waals surface area contributed by atoms with Gasteiger partial charge >= 0.3 is 5.97 Å². The number of benzene rings is 2. The normalized spacial score (nSPS) is 9.87. The lowest BCUT2D eigenvalue weighted by molar-refractivity contribution is 0.0673. The van der Waals surface area contributed by atoms with E-state index in [9.17, 15) is 14.7 Å². The fraction of sp³-hybridized carbons (Fsp3) is 0.167. The summed E-state index contributed by atoms with van der Waals surface area (Å²) < 4.78 is 0. The average molecular weight is 308 g/mol. The molecule has 2 aromatic carbocycles. The SMILES string of the molecule is N#CCCN(Cc1ccccc1)C(=O)c1ccccc1C(=O)O. The zero-order valence-corrected chi connectivity index (χ0v) is 12.5. The average Bonchev–Trinajstić information content (AvgIpc) is 2.58. The zero-order chi connectivity index (χ0) is 16.7. The molecule has 5 heteroatoms. The number of carbonyl (C=O) groups is 2. The summed E-state index contributed by atoms with van der Waals surface area (Å²) in [7, 11) is 0. The molecule has 0 fully saturated rings. The Hall–Kier alpha value is -3.13. The topological polar surface area (TPSA) is 81.4 Å². The molecule has 0 spiro atoms. The number of hydrogen-bond donors (Lipinski definition) is 1. The van der Waals surface area contributed by atoms with Gasteiger partial charge in [0.15, 0.2) is 0 Å². The summed E-state index contributed by atoms with van der Waals surface area (Å²) in [5, 5.41) is 18.0. The van der Waals surface area contributed by atoms with E-state index < -0.39 is 5.97 Å². The number of aromatic carboxylic acids is 1. The molecule has 0 aliphatic carbocycles. The molecule has 0 heterocycles. The van der Waals surface area contributed by atoms with Gasteiger partial charge in [-0.05, 0) is 17.7 Å². The second-order valence-electron chi connectivity index (χ2n) is 4.97. The third kappa shape index (κ3) is 4.17. The molecular weight excluding hydrogens is 292 g/mol. The molecule has 0 aliphatic heterocycles. The predicted octanol–water partition coefficient (Wildman–Crippen LogP) is 2.94. The highest BCUT2D eigenvalue weighted by atomic mass is 16.4. The van der Waals surface area contributed by atoms with Crippen molar-refractivity contribution in [2.75, 3.05) is 6.54 Å². The molecule has 23 heavy (non-hydrogen) atoms. The molecule has 1 amide bonds. The van der Waals surface area contributed by atoms with Crippen molar-refractivity contribution in [1.29, 1.82) is 5.26 Å². The van der Waals surface area contributed by atoms with Gasteiger partial charge in [0.1, 0.15) is 0 Å². The van der Waals surface area contributed by atoms with E-state index in [-0.39, 0.29) is 30.0 Å². The van der Waals surface area contributed by atoms with Gasteiger partial charge in [-0.3, -0.25) is 4.79 Å². The highest BCUT2D eigenvalue weighted by Crippen LogP contribution is 2.15. The van der Waals surface area contributed by atoms with Crippen LogP contribution in [0.5, 0.6) is 0 Å². The van der Waals surface area contributed by atoms with Gasteiger partial charge in [0.2, 0.25) is 0 Å². The van der Waals surface area contributed by atoms with Gasteiger partial charge in [0.05, 0.1) is 23.6 Å². The number of carboxylic acids is 1. The van der Waals surface area contributed by atoms with Gasteiger partial charge in [-0.25, -0.2) is 4.79 Å². The van der Waals surface area contributed by atoms with Crippen LogP contribution >= 0.6 is 0 Å². The van der Waals surface area contributed by atoms with Crippen LogP contribution in [0, 0.1) is 11.3 Å². The Labute approximate surface area is 134 Å². The summed E-state index contributed by atoms with van der Waals surface area (Å²) in [6.07, 6.45) is 0.188. The monoisotopic (exact) mass is 308 g/mol. The second kappa shape index (κ2) is 7.76. The van der Waals surface area contributed by atoms with Gasteiger partial charge in [-0.2, -0.15) is 5.26 Å². The Morgan fingerprint density at radius 1 is 1.00 bits per heavy atom. The molecular formula is C18H16N2O3. The minimum Gasteiger partial charge on any atom is -0.478 e. The summed E-state index contributed by atoms with van der Waals surface area (Å²) in [5.41, 5.74) is 1.02. The number of carbonyl (C=O) groups excluding carboxylic acids is 1. The lowest BCUT2D eigenvalue weighted by atomic mass is 10.1. The molecule has 0 bridgehead atoms. The summed E-state index contributed by atoms with van der Waals surface area (Å²) >= 11 is 0. The van der Waals surface area contributed by atoms with Gasteiger partial charge in [0.25, 0.3) is 5.91 Å². The molecule has 0 atom stereocenters. The van der Waals surface area contributed by atoms with Crippen LogP contribution in [0.25, 0.3) is 0 Å². The van der Waals surface area contributed by atoms with Gasteiger partial charge < -0.3 is 10.0 Å². The smallest absolute Gasteiger partial charge is 0.336 e. The summed E-state index contributed by atoms with van der Waals surface area (Å²) in [6, 6.07) is 17.5. The number of amides is 1. The minimum atomic E-state index is -1.14. The molecule has 0 aliphatic rings.